The number of benzene rings is 1. The molecule has 4 aliphatic rings. The van der Waals surface area contributed by atoms with E-state index in [4.69, 9.17) is 4.74 Å². The van der Waals surface area contributed by atoms with E-state index >= 15 is 0 Å². The predicted molar refractivity (Wildman–Crippen MR) is 94.3 cm³/mol. The Kier molecular flexibility index (Phi) is 3.34. The lowest BCUT2D eigenvalue weighted by Gasteiger charge is -2.49. The number of ether oxygens (including phenoxy) is 1. The summed E-state index contributed by atoms with van der Waals surface area (Å²) in [5.74, 6) is 1.09. The molecule has 4 heterocycles. The normalized spacial score (nSPS) is 42.8. The fourth-order valence-electron chi connectivity index (χ4n) is 6.23. The Balaban J connectivity index is 1.62. The Bertz CT molecular complexity index is 721. The molecule has 5 rings (SSSR count). The van der Waals surface area contributed by atoms with Gasteiger partial charge in [-0.25, -0.2) is 0 Å². The summed E-state index contributed by atoms with van der Waals surface area (Å²) in [6.07, 6.45) is 2.37. The van der Waals surface area contributed by atoms with Crippen molar-refractivity contribution >= 4 is 11.6 Å². The maximum Gasteiger partial charge on any atom is 0.239 e. The Labute approximate surface area is 148 Å². The van der Waals surface area contributed by atoms with Crippen LogP contribution in [0.25, 0.3) is 0 Å². The van der Waals surface area contributed by atoms with Crippen LogP contribution in [0.2, 0.25) is 0 Å². The molecule has 5 heteroatoms. The number of hydrogen-bond donors (Lipinski definition) is 1. The van der Waals surface area contributed by atoms with Gasteiger partial charge >= 0.3 is 0 Å². The van der Waals surface area contributed by atoms with Gasteiger partial charge in [0, 0.05) is 30.7 Å². The summed E-state index contributed by atoms with van der Waals surface area (Å²) in [4.78, 5) is 17.8. The number of hydrogen-bond acceptors (Lipinski definition) is 4. The standard InChI is InChI=1S/C20H26N2O3/c1-12(23)7-13-8-18-20(9-17-14(13)10-25-11-22(17)18)15-5-3-4-6-16(15)21(2)19(20)24/h3-6,12-14,17-18,23H,7-11H2,1-2H3/t12-,13-,14-,17-,18-,20?/m0/s1. The molecule has 4 aliphatic heterocycles. The first kappa shape index (κ1) is 15.8. The number of amides is 1. The molecule has 1 spiro atoms. The van der Waals surface area contributed by atoms with E-state index in [-0.39, 0.29) is 18.1 Å². The van der Waals surface area contributed by atoms with Gasteiger partial charge in [-0.3, -0.25) is 9.69 Å². The maximum absolute atomic E-state index is 13.5. The average Bonchev–Trinajstić information content (AvgIpc) is 2.96. The second-order valence-electron chi connectivity index (χ2n) is 8.40. The van der Waals surface area contributed by atoms with E-state index in [1.54, 1.807) is 0 Å². The van der Waals surface area contributed by atoms with Crippen LogP contribution in [0.15, 0.2) is 24.3 Å². The second-order valence-corrected chi connectivity index (χ2v) is 8.40. The van der Waals surface area contributed by atoms with Gasteiger partial charge in [-0.05, 0) is 43.7 Å². The number of likely N-dealkylation sites (N-methyl/N-ethyl adjacent to an activating group) is 1. The topological polar surface area (TPSA) is 53.0 Å². The zero-order chi connectivity index (χ0) is 17.3. The van der Waals surface area contributed by atoms with Gasteiger partial charge < -0.3 is 14.7 Å². The number of fused-ring (bicyclic) bond motifs is 3. The van der Waals surface area contributed by atoms with Crippen molar-refractivity contribution in [1.82, 2.24) is 4.90 Å². The van der Waals surface area contributed by atoms with Gasteiger partial charge in [0.05, 0.1) is 24.9 Å². The van der Waals surface area contributed by atoms with Crippen molar-refractivity contribution in [3.05, 3.63) is 29.8 Å². The Morgan fingerprint density at radius 2 is 2.20 bits per heavy atom. The van der Waals surface area contributed by atoms with Crippen LogP contribution in [0.4, 0.5) is 5.69 Å². The molecule has 7 atom stereocenters. The van der Waals surface area contributed by atoms with E-state index < -0.39 is 5.41 Å². The zero-order valence-corrected chi connectivity index (χ0v) is 14.9. The highest BCUT2D eigenvalue weighted by Gasteiger charge is 2.67. The molecule has 1 N–H and O–H groups in total. The van der Waals surface area contributed by atoms with Gasteiger partial charge in [-0.1, -0.05) is 18.2 Å². The van der Waals surface area contributed by atoms with Gasteiger partial charge in [-0.15, -0.1) is 0 Å². The number of anilines is 1. The van der Waals surface area contributed by atoms with Crippen molar-refractivity contribution < 1.29 is 14.6 Å². The number of piperidine rings is 1. The molecular weight excluding hydrogens is 316 g/mol. The first-order valence-corrected chi connectivity index (χ1v) is 9.43. The zero-order valence-electron chi connectivity index (χ0n) is 14.9. The van der Waals surface area contributed by atoms with Gasteiger partial charge in [-0.2, -0.15) is 0 Å². The molecule has 0 saturated carbocycles. The highest BCUT2D eigenvalue weighted by molar-refractivity contribution is 6.08. The van der Waals surface area contributed by atoms with Gasteiger partial charge in [0.25, 0.3) is 0 Å². The first-order chi connectivity index (χ1) is 12.0. The third-order valence-corrected chi connectivity index (χ3v) is 7.18. The van der Waals surface area contributed by atoms with E-state index in [1.807, 2.05) is 24.9 Å². The second kappa shape index (κ2) is 5.29. The predicted octanol–water partition coefficient (Wildman–Crippen LogP) is 1.74. The number of aliphatic hydroxyl groups excluding tert-OH is 1. The number of para-hydroxylation sites is 1. The molecule has 5 nitrogen and oxygen atoms in total. The van der Waals surface area contributed by atoms with Crippen LogP contribution >= 0.6 is 0 Å². The van der Waals surface area contributed by atoms with Crippen LogP contribution in [0.1, 0.15) is 31.7 Å². The summed E-state index contributed by atoms with van der Waals surface area (Å²) >= 11 is 0. The fourth-order valence-corrected chi connectivity index (χ4v) is 6.23. The lowest BCUT2D eigenvalue weighted by Crippen LogP contribution is -2.58. The van der Waals surface area contributed by atoms with Crippen molar-refractivity contribution in [2.24, 2.45) is 11.8 Å². The molecule has 3 saturated heterocycles. The van der Waals surface area contributed by atoms with Crippen molar-refractivity contribution in [2.45, 2.75) is 49.8 Å². The highest BCUT2D eigenvalue weighted by Crippen LogP contribution is 2.59. The molecule has 3 fully saturated rings. The Morgan fingerprint density at radius 1 is 1.40 bits per heavy atom. The molecule has 0 aromatic heterocycles. The minimum absolute atomic E-state index is 0.177. The molecule has 1 amide bonds. The van der Waals surface area contributed by atoms with Crippen LogP contribution in [0.5, 0.6) is 0 Å². The van der Waals surface area contributed by atoms with E-state index in [0.29, 0.717) is 24.6 Å². The summed E-state index contributed by atoms with van der Waals surface area (Å²) in [6.45, 7) is 3.26. The van der Waals surface area contributed by atoms with Crippen LogP contribution in [-0.2, 0) is 14.9 Å². The van der Waals surface area contributed by atoms with Crippen molar-refractivity contribution in [2.75, 3.05) is 25.3 Å². The molecule has 4 bridgehead atoms. The summed E-state index contributed by atoms with van der Waals surface area (Å²) < 4.78 is 5.90. The van der Waals surface area contributed by atoms with Crippen LogP contribution in [-0.4, -0.2) is 54.5 Å². The summed E-state index contributed by atoms with van der Waals surface area (Å²) in [5, 5.41) is 9.97. The van der Waals surface area contributed by atoms with E-state index in [0.717, 1.165) is 31.6 Å². The number of nitrogens with zero attached hydrogens (tertiary/aromatic N) is 2. The molecule has 1 aromatic rings. The lowest BCUT2D eigenvalue weighted by molar-refractivity contribution is -0.138. The summed E-state index contributed by atoms with van der Waals surface area (Å²) in [6, 6.07) is 8.85. The Hall–Kier alpha value is -1.43. The van der Waals surface area contributed by atoms with E-state index in [9.17, 15) is 9.90 Å². The SMILES string of the molecule is C[C@H](O)C[C@H]1C[C@@H]2N3COC[C@@H]1[C@@H]3CC21C(=O)N(C)c2ccccc21. The molecule has 134 valence electrons. The quantitative estimate of drug-likeness (QED) is 0.889. The largest absolute Gasteiger partial charge is 0.393 e. The number of carbonyl (C=O) groups excluding carboxylic acids is 1. The lowest BCUT2D eigenvalue weighted by atomic mass is 9.72. The molecule has 25 heavy (non-hydrogen) atoms. The van der Waals surface area contributed by atoms with Gasteiger partial charge in [0.1, 0.15) is 0 Å². The minimum Gasteiger partial charge on any atom is -0.393 e. The fraction of sp³-hybridized carbons (Fsp3) is 0.650. The van der Waals surface area contributed by atoms with Crippen LogP contribution in [0.3, 0.4) is 0 Å². The molecule has 0 aliphatic carbocycles. The van der Waals surface area contributed by atoms with Crippen LogP contribution in [0, 0.1) is 11.8 Å². The van der Waals surface area contributed by atoms with Crippen LogP contribution < -0.4 is 4.90 Å². The van der Waals surface area contributed by atoms with E-state index in [2.05, 4.69) is 23.1 Å². The number of rotatable bonds is 2. The first-order valence-electron chi connectivity index (χ1n) is 9.43. The summed E-state index contributed by atoms with van der Waals surface area (Å²) in [5.41, 5.74) is 1.82. The number of aliphatic hydroxyl groups is 1. The number of carbonyl (C=O) groups is 1. The molecule has 0 radical (unpaired) electrons. The third kappa shape index (κ3) is 1.92. The Morgan fingerprint density at radius 3 is 3.00 bits per heavy atom. The third-order valence-electron chi connectivity index (χ3n) is 7.18. The van der Waals surface area contributed by atoms with E-state index in [1.165, 1.54) is 5.56 Å². The van der Waals surface area contributed by atoms with Crippen molar-refractivity contribution in [3.63, 3.8) is 0 Å². The smallest absolute Gasteiger partial charge is 0.239 e. The molecular formula is C20H26N2O3. The van der Waals surface area contributed by atoms with Gasteiger partial charge in [0.2, 0.25) is 5.91 Å². The monoisotopic (exact) mass is 342 g/mol. The summed E-state index contributed by atoms with van der Waals surface area (Å²) in [7, 11) is 1.91. The minimum atomic E-state index is -0.435. The maximum atomic E-state index is 13.5. The van der Waals surface area contributed by atoms with Crippen molar-refractivity contribution in [3.8, 4) is 0 Å². The highest BCUT2D eigenvalue weighted by atomic mass is 16.5. The molecule has 2 unspecified atom stereocenters. The van der Waals surface area contributed by atoms with Gasteiger partial charge in [0.15, 0.2) is 0 Å². The average molecular weight is 342 g/mol. The van der Waals surface area contributed by atoms with Crippen molar-refractivity contribution in [1.29, 1.82) is 0 Å². The molecule has 1 aromatic carbocycles.